The topological polar surface area (TPSA) is 36.9 Å². The highest BCUT2D eigenvalue weighted by Crippen LogP contribution is 2.13. The fourth-order valence-corrected chi connectivity index (χ4v) is 1.49. The fraction of sp³-hybridized carbons (Fsp3) is 0.143. The Kier molecular flexibility index (Phi) is 3.57. The Bertz CT molecular complexity index is 422. The number of hydrogen-bond donors (Lipinski definition) is 1. The van der Waals surface area contributed by atoms with Crippen LogP contribution < -0.4 is 10.5 Å². The third-order valence-electron chi connectivity index (χ3n) is 2.46. The molecule has 0 aliphatic rings. The molecule has 3 N–H and O–H groups in total. The van der Waals surface area contributed by atoms with Crippen LogP contribution in [0.4, 0.5) is 0 Å². The Morgan fingerprint density at radius 1 is 0.812 bits per heavy atom. The highest BCUT2D eigenvalue weighted by atomic mass is 16.5. The van der Waals surface area contributed by atoms with Crippen molar-refractivity contribution >= 4 is 0 Å². The molecule has 2 nitrogen and oxygen atoms in total. The molecule has 0 spiro atoms. The predicted octanol–water partition coefficient (Wildman–Crippen LogP) is 2.01. The first-order chi connectivity index (χ1) is 7.88. The van der Waals surface area contributed by atoms with Crippen LogP contribution in [0.3, 0.4) is 0 Å². The number of quaternary nitrogens is 1. The summed E-state index contributed by atoms with van der Waals surface area (Å²) in [5, 5.41) is 0. The molecular formula is C14H16NO+. The molecule has 0 aliphatic carbocycles. The van der Waals surface area contributed by atoms with Gasteiger partial charge in [-0.25, -0.2) is 0 Å². The zero-order valence-electron chi connectivity index (χ0n) is 9.23. The van der Waals surface area contributed by atoms with Crippen molar-refractivity contribution in [2.75, 3.05) is 0 Å². The van der Waals surface area contributed by atoms with E-state index in [1.165, 1.54) is 11.1 Å². The second kappa shape index (κ2) is 5.33. The van der Waals surface area contributed by atoms with Crippen LogP contribution in [-0.2, 0) is 13.2 Å². The highest BCUT2D eigenvalue weighted by molar-refractivity contribution is 5.27. The number of rotatable bonds is 4. The average Bonchev–Trinajstić information content (AvgIpc) is 2.38. The van der Waals surface area contributed by atoms with E-state index in [1.54, 1.807) is 0 Å². The lowest BCUT2D eigenvalue weighted by Gasteiger charge is -2.06. The maximum absolute atomic E-state index is 5.67. The van der Waals surface area contributed by atoms with Crippen molar-refractivity contribution in [2.45, 2.75) is 13.2 Å². The molecule has 0 atom stereocenters. The maximum Gasteiger partial charge on any atom is 0.119 e. The van der Waals surface area contributed by atoms with Crippen LogP contribution in [0.2, 0.25) is 0 Å². The Balaban J connectivity index is 1.94. The summed E-state index contributed by atoms with van der Waals surface area (Å²) in [6.07, 6.45) is 0. The van der Waals surface area contributed by atoms with E-state index in [0.29, 0.717) is 6.61 Å². The van der Waals surface area contributed by atoms with Crippen LogP contribution in [0.5, 0.6) is 5.75 Å². The van der Waals surface area contributed by atoms with E-state index < -0.39 is 0 Å². The molecule has 0 radical (unpaired) electrons. The zero-order valence-corrected chi connectivity index (χ0v) is 9.23. The van der Waals surface area contributed by atoms with E-state index in [9.17, 15) is 0 Å². The van der Waals surface area contributed by atoms with Crippen LogP contribution in [0.15, 0.2) is 54.6 Å². The number of benzene rings is 2. The van der Waals surface area contributed by atoms with E-state index in [4.69, 9.17) is 4.74 Å². The van der Waals surface area contributed by atoms with E-state index in [0.717, 1.165) is 12.3 Å². The van der Waals surface area contributed by atoms with Gasteiger partial charge < -0.3 is 10.5 Å². The Morgan fingerprint density at radius 3 is 2.12 bits per heavy atom. The molecule has 0 aromatic heterocycles. The standard InChI is InChI=1S/C14H15NO/c15-10-12-6-8-14(9-7-12)16-11-13-4-2-1-3-5-13/h1-9H,10-11,15H2/p+1. The minimum Gasteiger partial charge on any atom is -0.489 e. The minimum absolute atomic E-state index is 0.616. The lowest BCUT2D eigenvalue weighted by molar-refractivity contribution is -0.386. The molecule has 0 heterocycles. The Hall–Kier alpha value is -1.80. The van der Waals surface area contributed by atoms with Gasteiger partial charge in [-0.2, -0.15) is 0 Å². The van der Waals surface area contributed by atoms with Gasteiger partial charge in [-0.05, 0) is 29.8 Å². The second-order valence-corrected chi connectivity index (χ2v) is 3.67. The molecule has 0 aliphatic heterocycles. The number of ether oxygens (including phenoxy) is 1. The van der Waals surface area contributed by atoms with E-state index in [-0.39, 0.29) is 0 Å². The van der Waals surface area contributed by atoms with E-state index in [1.807, 2.05) is 42.5 Å². The summed E-state index contributed by atoms with van der Waals surface area (Å²) in [5.74, 6) is 0.904. The van der Waals surface area contributed by atoms with Crippen molar-refractivity contribution in [3.63, 3.8) is 0 Å². The van der Waals surface area contributed by atoms with Crippen molar-refractivity contribution in [3.8, 4) is 5.75 Å². The summed E-state index contributed by atoms with van der Waals surface area (Å²) < 4.78 is 5.67. The zero-order chi connectivity index (χ0) is 11.2. The summed E-state index contributed by atoms with van der Waals surface area (Å²) in [7, 11) is 0. The molecule has 0 saturated heterocycles. The van der Waals surface area contributed by atoms with Crippen LogP contribution in [0, 0.1) is 0 Å². The molecule has 2 heteroatoms. The van der Waals surface area contributed by atoms with Gasteiger partial charge >= 0.3 is 0 Å². The monoisotopic (exact) mass is 214 g/mol. The number of hydrogen-bond acceptors (Lipinski definition) is 1. The summed E-state index contributed by atoms with van der Waals surface area (Å²) in [4.78, 5) is 0. The van der Waals surface area contributed by atoms with E-state index >= 15 is 0 Å². The third-order valence-corrected chi connectivity index (χ3v) is 2.46. The molecule has 2 aromatic rings. The van der Waals surface area contributed by atoms with Gasteiger partial charge in [0.25, 0.3) is 0 Å². The quantitative estimate of drug-likeness (QED) is 0.830. The molecule has 0 bridgehead atoms. The van der Waals surface area contributed by atoms with Crippen molar-refractivity contribution in [1.82, 2.24) is 0 Å². The largest absolute Gasteiger partial charge is 0.489 e. The summed E-state index contributed by atoms with van der Waals surface area (Å²) in [6, 6.07) is 18.2. The molecule has 0 saturated carbocycles. The highest BCUT2D eigenvalue weighted by Gasteiger charge is 1.96. The lowest BCUT2D eigenvalue weighted by atomic mass is 10.2. The van der Waals surface area contributed by atoms with Gasteiger partial charge in [-0.15, -0.1) is 0 Å². The first-order valence-electron chi connectivity index (χ1n) is 5.43. The molecule has 0 unspecified atom stereocenters. The first kappa shape index (κ1) is 10.7. The van der Waals surface area contributed by atoms with Gasteiger partial charge in [-0.1, -0.05) is 30.3 Å². The molecule has 2 rings (SSSR count). The predicted molar refractivity (Wildman–Crippen MR) is 63.8 cm³/mol. The molecule has 82 valence electrons. The van der Waals surface area contributed by atoms with Gasteiger partial charge in [0.15, 0.2) is 0 Å². The van der Waals surface area contributed by atoms with Crippen molar-refractivity contribution in [2.24, 2.45) is 0 Å². The Morgan fingerprint density at radius 2 is 1.50 bits per heavy atom. The minimum atomic E-state index is 0.616. The summed E-state index contributed by atoms with van der Waals surface area (Å²) in [5.41, 5.74) is 6.25. The molecular weight excluding hydrogens is 198 g/mol. The van der Waals surface area contributed by atoms with Gasteiger partial charge in [0, 0.05) is 5.56 Å². The maximum atomic E-state index is 5.67. The van der Waals surface area contributed by atoms with Crippen LogP contribution in [0.1, 0.15) is 11.1 Å². The molecule has 16 heavy (non-hydrogen) atoms. The van der Waals surface area contributed by atoms with Crippen LogP contribution in [-0.4, -0.2) is 0 Å². The lowest BCUT2D eigenvalue weighted by Crippen LogP contribution is -2.47. The summed E-state index contributed by atoms with van der Waals surface area (Å²) >= 11 is 0. The smallest absolute Gasteiger partial charge is 0.119 e. The van der Waals surface area contributed by atoms with Crippen LogP contribution >= 0.6 is 0 Å². The van der Waals surface area contributed by atoms with Gasteiger partial charge in [0.05, 0.1) is 6.54 Å². The van der Waals surface area contributed by atoms with Gasteiger partial charge in [-0.3, -0.25) is 0 Å². The van der Waals surface area contributed by atoms with Crippen LogP contribution in [0.25, 0.3) is 0 Å². The molecule has 2 aromatic carbocycles. The molecule has 0 amide bonds. The SMILES string of the molecule is [NH3+]Cc1ccc(OCc2ccccc2)cc1. The molecule has 0 fully saturated rings. The second-order valence-electron chi connectivity index (χ2n) is 3.67. The van der Waals surface area contributed by atoms with Crippen molar-refractivity contribution in [3.05, 3.63) is 65.7 Å². The van der Waals surface area contributed by atoms with Crippen molar-refractivity contribution in [1.29, 1.82) is 0 Å². The van der Waals surface area contributed by atoms with Gasteiger partial charge in [0.2, 0.25) is 0 Å². The average molecular weight is 214 g/mol. The fourth-order valence-electron chi connectivity index (χ4n) is 1.49. The first-order valence-corrected chi connectivity index (χ1v) is 5.43. The van der Waals surface area contributed by atoms with Crippen molar-refractivity contribution < 1.29 is 10.5 Å². The Labute approximate surface area is 95.7 Å². The van der Waals surface area contributed by atoms with E-state index in [2.05, 4.69) is 17.9 Å². The summed E-state index contributed by atoms with van der Waals surface area (Å²) in [6.45, 7) is 1.43. The normalized spacial score (nSPS) is 10.1. The van der Waals surface area contributed by atoms with Gasteiger partial charge in [0.1, 0.15) is 12.4 Å². The third kappa shape index (κ3) is 2.84.